The Kier molecular flexibility index (Phi) is 5.21. The summed E-state index contributed by atoms with van der Waals surface area (Å²) in [4.78, 5) is 21.7. The summed E-state index contributed by atoms with van der Waals surface area (Å²) >= 11 is 0. The van der Waals surface area contributed by atoms with E-state index >= 15 is 0 Å². The molecule has 114 valence electrons. The SMILES string of the molecule is N#Cc1ccccc1COC(=O)/C=C/c1ccc([N+](=O)[O-])cc1. The number of nitro groups is 1. The van der Waals surface area contributed by atoms with Gasteiger partial charge >= 0.3 is 5.97 Å². The molecular formula is C17H12N2O4. The van der Waals surface area contributed by atoms with Crippen molar-refractivity contribution in [1.29, 1.82) is 5.26 Å². The summed E-state index contributed by atoms with van der Waals surface area (Å²) in [7, 11) is 0. The number of esters is 1. The van der Waals surface area contributed by atoms with Crippen molar-refractivity contribution in [2.75, 3.05) is 0 Å². The van der Waals surface area contributed by atoms with Crippen molar-refractivity contribution in [1.82, 2.24) is 0 Å². The summed E-state index contributed by atoms with van der Waals surface area (Å²) in [6, 6.07) is 14.7. The molecule has 0 aliphatic carbocycles. The van der Waals surface area contributed by atoms with Crippen LogP contribution < -0.4 is 0 Å². The highest BCUT2D eigenvalue weighted by Gasteiger charge is 2.05. The molecule has 2 aromatic rings. The highest BCUT2D eigenvalue weighted by Crippen LogP contribution is 2.13. The smallest absolute Gasteiger partial charge is 0.331 e. The number of hydrogen-bond donors (Lipinski definition) is 0. The number of carbonyl (C=O) groups excluding carboxylic acids is 1. The average Bonchev–Trinajstić information content (AvgIpc) is 2.58. The van der Waals surface area contributed by atoms with E-state index in [4.69, 9.17) is 10.00 Å². The molecule has 0 aliphatic rings. The number of nitriles is 1. The predicted octanol–water partition coefficient (Wildman–Crippen LogP) is 3.22. The molecular weight excluding hydrogens is 296 g/mol. The summed E-state index contributed by atoms with van der Waals surface area (Å²) in [6.45, 7) is 0.00711. The number of carbonyl (C=O) groups is 1. The first-order valence-corrected chi connectivity index (χ1v) is 6.67. The lowest BCUT2D eigenvalue weighted by Gasteiger charge is -2.03. The van der Waals surface area contributed by atoms with Crippen LogP contribution >= 0.6 is 0 Å². The number of ether oxygens (including phenoxy) is 1. The molecule has 0 spiro atoms. The first-order valence-electron chi connectivity index (χ1n) is 6.67. The van der Waals surface area contributed by atoms with Crippen LogP contribution in [0.2, 0.25) is 0 Å². The molecule has 6 heteroatoms. The number of non-ortho nitro benzene ring substituents is 1. The Morgan fingerprint density at radius 2 is 1.91 bits per heavy atom. The lowest BCUT2D eigenvalue weighted by atomic mass is 10.1. The Labute approximate surface area is 132 Å². The number of nitro benzene ring substituents is 1. The highest BCUT2D eigenvalue weighted by molar-refractivity contribution is 5.87. The van der Waals surface area contributed by atoms with Crippen molar-refractivity contribution in [3.63, 3.8) is 0 Å². The highest BCUT2D eigenvalue weighted by atomic mass is 16.6. The fourth-order valence-corrected chi connectivity index (χ4v) is 1.82. The average molecular weight is 308 g/mol. The molecule has 0 atom stereocenters. The van der Waals surface area contributed by atoms with Crippen LogP contribution in [-0.4, -0.2) is 10.9 Å². The van der Waals surface area contributed by atoms with Gasteiger partial charge in [0.15, 0.2) is 0 Å². The molecule has 0 amide bonds. The van der Waals surface area contributed by atoms with Gasteiger partial charge < -0.3 is 4.74 Å². The van der Waals surface area contributed by atoms with E-state index in [0.29, 0.717) is 16.7 Å². The van der Waals surface area contributed by atoms with Gasteiger partial charge in [-0.3, -0.25) is 10.1 Å². The first-order chi connectivity index (χ1) is 11.1. The van der Waals surface area contributed by atoms with Crippen molar-refractivity contribution >= 4 is 17.7 Å². The number of hydrogen-bond acceptors (Lipinski definition) is 5. The molecule has 0 radical (unpaired) electrons. The molecule has 0 aromatic heterocycles. The lowest BCUT2D eigenvalue weighted by Crippen LogP contribution is -2.02. The van der Waals surface area contributed by atoms with Crippen LogP contribution in [0.1, 0.15) is 16.7 Å². The van der Waals surface area contributed by atoms with Crippen molar-refractivity contribution in [2.24, 2.45) is 0 Å². The van der Waals surface area contributed by atoms with Crippen LogP contribution in [0.5, 0.6) is 0 Å². The van der Waals surface area contributed by atoms with E-state index in [-0.39, 0.29) is 12.3 Å². The standard InChI is InChI=1S/C17H12N2O4/c18-11-14-3-1-2-4-15(14)12-23-17(20)10-7-13-5-8-16(9-6-13)19(21)22/h1-10H,12H2/b10-7+. The molecule has 0 fully saturated rings. The second-order valence-corrected chi connectivity index (χ2v) is 4.56. The minimum Gasteiger partial charge on any atom is -0.458 e. The van der Waals surface area contributed by atoms with Crippen molar-refractivity contribution in [3.05, 3.63) is 81.4 Å². The fourth-order valence-electron chi connectivity index (χ4n) is 1.82. The van der Waals surface area contributed by atoms with Crippen LogP contribution in [0.4, 0.5) is 5.69 Å². The van der Waals surface area contributed by atoms with Gasteiger partial charge in [0, 0.05) is 23.8 Å². The largest absolute Gasteiger partial charge is 0.458 e. The minimum atomic E-state index is -0.559. The van der Waals surface area contributed by atoms with E-state index in [1.54, 1.807) is 24.3 Å². The molecule has 2 aromatic carbocycles. The van der Waals surface area contributed by atoms with E-state index in [9.17, 15) is 14.9 Å². The fraction of sp³-hybridized carbons (Fsp3) is 0.0588. The van der Waals surface area contributed by atoms with Gasteiger partial charge in [-0.1, -0.05) is 18.2 Å². The summed E-state index contributed by atoms with van der Waals surface area (Å²) in [5, 5.41) is 19.5. The first kappa shape index (κ1) is 15.9. The van der Waals surface area contributed by atoms with Gasteiger partial charge in [-0.2, -0.15) is 5.26 Å². The molecule has 0 aliphatic heterocycles. The normalized spacial score (nSPS) is 10.2. The molecule has 0 N–H and O–H groups in total. The van der Waals surface area contributed by atoms with Gasteiger partial charge in [-0.05, 0) is 29.8 Å². The van der Waals surface area contributed by atoms with E-state index in [2.05, 4.69) is 0 Å². The molecule has 0 heterocycles. The van der Waals surface area contributed by atoms with Gasteiger partial charge in [0.2, 0.25) is 0 Å². The molecule has 2 rings (SSSR count). The molecule has 6 nitrogen and oxygen atoms in total. The Bertz CT molecular complexity index is 789. The maximum absolute atomic E-state index is 11.7. The van der Waals surface area contributed by atoms with E-state index < -0.39 is 10.9 Å². The molecule has 23 heavy (non-hydrogen) atoms. The molecule has 0 saturated heterocycles. The number of benzene rings is 2. The van der Waals surface area contributed by atoms with Crippen LogP contribution in [0.15, 0.2) is 54.6 Å². The Morgan fingerprint density at radius 3 is 2.57 bits per heavy atom. The van der Waals surface area contributed by atoms with E-state index in [1.807, 2.05) is 6.07 Å². The topological polar surface area (TPSA) is 93.2 Å². The number of rotatable bonds is 5. The summed E-state index contributed by atoms with van der Waals surface area (Å²) in [5.74, 6) is -0.559. The third kappa shape index (κ3) is 4.51. The maximum atomic E-state index is 11.7. The Hall–Kier alpha value is -3.46. The van der Waals surface area contributed by atoms with Crippen molar-refractivity contribution < 1.29 is 14.5 Å². The van der Waals surface area contributed by atoms with Crippen LogP contribution in [-0.2, 0) is 16.1 Å². The van der Waals surface area contributed by atoms with Crippen molar-refractivity contribution in [2.45, 2.75) is 6.61 Å². The molecule has 0 bridgehead atoms. The summed E-state index contributed by atoms with van der Waals surface area (Å²) < 4.78 is 5.07. The monoisotopic (exact) mass is 308 g/mol. The Balaban J connectivity index is 1.94. The third-order valence-corrected chi connectivity index (χ3v) is 3.02. The number of nitrogens with zero attached hydrogens (tertiary/aromatic N) is 2. The van der Waals surface area contributed by atoms with Gasteiger partial charge in [0.1, 0.15) is 6.61 Å². The zero-order valence-corrected chi connectivity index (χ0v) is 12.0. The second-order valence-electron chi connectivity index (χ2n) is 4.56. The van der Waals surface area contributed by atoms with Gasteiger partial charge in [-0.25, -0.2) is 4.79 Å². The van der Waals surface area contributed by atoms with Crippen molar-refractivity contribution in [3.8, 4) is 6.07 Å². The van der Waals surface area contributed by atoms with Crippen LogP contribution in [0.25, 0.3) is 6.08 Å². The van der Waals surface area contributed by atoms with Crippen LogP contribution in [0.3, 0.4) is 0 Å². The predicted molar refractivity (Wildman–Crippen MR) is 83.1 cm³/mol. The van der Waals surface area contributed by atoms with Gasteiger partial charge in [-0.15, -0.1) is 0 Å². The maximum Gasteiger partial charge on any atom is 0.331 e. The lowest BCUT2D eigenvalue weighted by molar-refractivity contribution is -0.384. The van der Waals surface area contributed by atoms with Crippen LogP contribution in [0, 0.1) is 21.4 Å². The zero-order valence-electron chi connectivity index (χ0n) is 12.0. The summed E-state index contributed by atoms with van der Waals surface area (Å²) in [6.07, 6.45) is 2.73. The van der Waals surface area contributed by atoms with E-state index in [0.717, 1.165) is 0 Å². The third-order valence-electron chi connectivity index (χ3n) is 3.02. The minimum absolute atomic E-state index is 0.00711. The van der Waals surface area contributed by atoms with Gasteiger partial charge in [0.25, 0.3) is 5.69 Å². The van der Waals surface area contributed by atoms with Gasteiger partial charge in [0.05, 0.1) is 16.6 Å². The molecule has 0 saturated carbocycles. The Morgan fingerprint density at radius 1 is 1.22 bits per heavy atom. The van der Waals surface area contributed by atoms with E-state index in [1.165, 1.54) is 36.4 Å². The summed E-state index contributed by atoms with van der Waals surface area (Å²) in [5.41, 5.74) is 1.72. The molecule has 0 unspecified atom stereocenters. The quantitative estimate of drug-likeness (QED) is 0.366. The zero-order chi connectivity index (χ0) is 16.7. The second kappa shape index (κ2) is 7.52.